The number of carbonyl (C=O) groups excluding carboxylic acids is 1. The maximum atomic E-state index is 12.1. The van der Waals surface area contributed by atoms with Crippen molar-refractivity contribution in [2.24, 2.45) is 0 Å². The van der Waals surface area contributed by atoms with Crippen LogP contribution in [-0.2, 0) is 4.79 Å². The Balaban J connectivity index is 2.23. The summed E-state index contributed by atoms with van der Waals surface area (Å²) in [6, 6.07) is 13.4. The Hall–Kier alpha value is -2.04. The molecule has 4 nitrogen and oxygen atoms in total. The van der Waals surface area contributed by atoms with E-state index in [1.807, 2.05) is 28.7 Å². The summed E-state index contributed by atoms with van der Waals surface area (Å²) < 4.78 is 0.638. The standard InChI is InChI=1S/C16H10ClIN2O2/c17-12-2-1-3-13(8-12)20-16(22)11(9-19)6-10-4-5-15(21)14(18)7-10/h1-8,21H,(H,20,22). The fraction of sp³-hybridized carbons (Fsp3) is 0. The molecule has 0 aliphatic heterocycles. The van der Waals surface area contributed by atoms with E-state index >= 15 is 0 Å². The second kappa shape index (κ2) is 7.29. The van der Waals surface area contributed by atoms with Gasteiger partial charge in [0.05, 0.1) is 3.57 Å². The number of hydrogen-bond donors (Lipinski definition) is 2. The lowest BCUT2D eigenvalue weighted by molar-refractivity contribution is -0.112. The molecule has 0 aromatic heterocycles. The minimum absolute atomic E-state index is 0.0403. The zero-order valence-corrected chi connectivity index (χ0v) is 14.1. The zero-order valence-electron chi connectivity index (χ0n) is 11.2. The van der Waals surface area contributed by atoms with Gasteiger partial charge in [-0.05, 0) is 64.6 Å². The van der Waals surface area contributed by atoms with Crippen LogP contribution in [-0.4, -0.2) is 11.0 Å². The maximum Gasteiger partial charge on any atom is 0.266 e. The van der Waals surface area contributed by atoms with Crippen molar-refractivity contribution in [1.82, 2.24) is 0 Å². The van der Waals surface area contributed by atoms with Crippen molar-refractivity contribution in [2.45, 2.75) is 0 Å². The van der Waals surface area contributed by atoms with Gasteiger partial charge in [-0.1, -0.05) is 23.7 Å². The molecule has 0 unspecified atom stereocenters. The molecule has 0 bridgehead atoms. The number of benzene rings is 2. The van der Waals surface area contributed by atoms with Crippen LogP contribution in [0.3, 0.4) is 0 Å². The molecule has 0 aliphatic carbocycles. The molecule has 2 N–H and O–H groups in total. The van der Waals surface area contributed by atoms with Gasteiger partial charge in [-0.25, -0.2) is 0 Å². The number of phenolic OH excluding ortho intramolecular Hbond substituents is 1. The van der Waals surface area contributed by atoms with E-state index in [1.54, 1.807) is 36.4 Å². The van der Waals surface area contributed by atoms with Gasteiger partial charge >= 0.3 is 0 Å². The van der Waals surface area contributed by atoms with Gasteiger partial charge in [0.25, 0.3) is 5.91 Å². The second-order valence-electron chi connectivity index (χ2n) is 4.35. The van der Waals surface area contributed by atoms with Crippen molar-refractivity contribution in [1.29, 1.82) is 5.26 Å². The first-order chi connectivity index (χ1) is 10.5. The molecule has 2 aromatic rings. The highest BCUT2D eigenvalue weighted by atomic mass is 127. The summed E-state index contributed by atoms with van der Waals surface area (Å²) in [4.78, 5) is 12.1. The molecule has 0 atom stereocenters. The predicted molar refractivity (Wildman–Crippen MR) is 94.5 cm³/mol. The Morgan fingerprint density at radius 3 is 2.73 bits per heavy atom. The van der Waals surface area contributed by atoms with Crippen molar-refractivity contribution in [2.75, 3.05) is 5.32 Å². The minimum atomic E-state index is -0.521. The molecule has 1 amide bonds. The van der Waals surface area contributed by atoms with E-state index in [9.17, 15) is 9.90 Å². The number of phenols is 1. The third-order valence-electron chi connectivity index (χ3n) is 2.73. The van der Waals surface area contributed by atoms with Crippen molar-refractivity contribution in [3.05, 3.63) is 62.2 Å². The van der Waals surface area contributed by atoms with E-state index in [0.29, 0.717) is 19.8 Å². The fourth-order valence-corrected chi connectivity index (χ4v) is 2.42. The summed E-state index contributed by atoms with van der Waals surface area (Å²) in [6.07, 6.45) is 1.46. The normalized spacial score (nSPS) is 10.9. The summed E-state index contributed by atoms with van der Waals surface area (Å²) in [7, 11) is 0. The lowest BCUT2D eigenvalue weighted by Crippen LogP contribution is -2.13. The largest absolute Gasteiger partial charge is 0.507 e. The van der Waals surface area contributed by atoms with Crippen LogP contribution in [0.5, 0.6) is 5.75 Å². The van der Waals surface area contributed by atoms with Gasteiger partial charge in [0.2, 0.25) is 0 Å². The number of nitrogens with one attached hydrogen (secondary N) is 1. The van der Waals surface area contributed by atoms with Gasteiger partial charge in [0.1, 0.15) is 17.4 Å². The van der Waals surface area contributed by atoms with Crippen LogP contribution in [0.1, 0.15) is 5.56 Å². The number of hydrogen-bond acceptors (Lipinski definition) is 3. The molecular weight excluding hydrogens is 415 g/mol. The minimum Gasteiger partial charge on any atom is -0.507 e. The molecule has 6 heteroatoms. The van der Waals surface area contributed by atoms with Gasteiger partial charge in [-0.15, -0.1) is 0 Å². The molecule has 0 fully saturated rings. The lowest BCUT2D eigenvalue weighted by Gasteiger charge is -2.05. The zero-order chi connectivity index (χ0) is 16.1. The van der Waals surface area contributed by atoms with Crippen LogP contribution < -0.4 is 5.32 Å². The molecule has 0 radical (unpaired) electrons. The van der Waals surface area contributed by atoms with Gasteiger partial charge < -0.3 is 10.4 Å². The molecule has 0 aliphatic rings. The van der Waals surface area contributed by atoms with E-state index in [0.717, 1.165) is 0 Å². The molecule has 0 spiro atoms. The molecule has 22 heavy (non-hydrogen) atoms. The smallest absolute Gasteiger partial charge is 0.266 e. The first kappa shape index (κ1) is 16.3. The second-order valence-corrected chi connectivity index (χ2v) is 5.94. The van der Waals surface area contributed by atoms with Gasteiger partial charge in [0, 0.05) is 10.7 Å². The summed E-state index contributed by atoms with van der Waals surface area (Å²) >= 11 is 7.82. The molecule has 0 saturated carbocycles. The third kappa shape index (κ3) is 4.23. The predicted octanol–water partition coefficient (Wildman–Crippen LogP) is 4.20. The quantitative estimate of drug-likeness (QED) is 0.441. The number of aromatic hydroxyl groups is 1. The Morgan fingerprint density at radius 2 is 2.09 bits per heavy atom. The molecule has 2 rings (SSSR count). The van der Waals surface area contributed by atoms with Crippen molar-refractivity contribution in [3.8, 4) is 11.8 Å². The van der Waals surface area contributed by atoms with Gasteiger partial charge in [0.15, 0.2) is 0 Å². The summed E-state index contributed by atoms with van der Waals surface area (Å²) in [5, 5.41) is 21.7. The Labute approximate surface area is 146 Å². The number of carbonyl (C=O) groups is 1. The highest BCUT2D eigenvalue weighted by molar-refractivity contribution is 14.1. The van der Waals surface area contributed by atoms with Gasteiger partial charge in [-0.3, -0.25) is 4.79 Å². The van der Waals surface area contributed by atoms with Crippen LogP contribution in [0.25, 0.3) is 6.08 Å². The number of rotatable bonds is 3. The Kier molecular flexibility index (Phi) is 5.41. The van der Waals surface area contributed by atoms with Crippen LogP contribution >= 0.6 is 34.2 Å². The summed E-state index contributed by atoms with van der Waals surface area (Å²) in [6.45, 7) is 0. The Bertz CT molecular complexity index is 797. The average Bonchev–Trinajstić information content (AvgIpc) is 2.48. The Morgan fingerprint density at radius 1 is 1.32 bits per heavy atom. The van der Waals surface area contributed by atoms with Crippen LogP contribution in [0.2, 0.25) is 5.02 Å². The topological polar surface area (TPSA) is 73.1 Å². The highest BCUT2D eigenvalue weighted by Crippen LogP contribution is 2.22. The van der Waals surface area contributed by atoms with E-state index in [4.69, 9.17) is 16.9 Å². The summed E-state index contributed by atoms with van der Waals surface area (Å²) in [5.41, 5.74) is 1.13. The van der Waals surface area contributed by atoms with E-state index in [1.165, 1.54) is 12.1 Å². The summed E-state index contributed by atoms with van der Waals surface area (Å²) in [5.74, 6) is -0.368. The van der Waals surface area contributed by atoms with Crippen molar-refractivity contribution in [3.63, 3.8) is 0 Å². The molecule has 110 valence electrons. The lowest BCUT2D eigenvalue weighted by atomic mass is 10.1. The first-order valence-electron chi connectivity index (χ1n) is 6.17. The molecule has 2 aromatic carbocycles. The van der Waals surface area contributed by atoms with E-state index in [-0.39, 0.29) is 11.3 Å². The third-order valence-corrected chi connectivity index (χ3v) is 3.83. The van der Waals surface area contributed by atoms with Crippen LogP contribution in [0, 0.1) is 14.9 Å². The number of nitriles is 1. The van der Waals surface area contributed by atoms with Crippen molar-refractivity contribution < 1.29 is 9.90 Å². The number of nitrogens with zero attached hydrogens (tertiary/aromatic N) is 1. The fourth-order valence-electron chi connectivity index (χ4n) is 1.69. The number of amides is 1. The number of halogens is 2. The SMILES string of the molecule is N#CC(=Cc1ccc(O)c(I)c1)C(=O)Nc1cccc(Cl)c1. The van der Waals surface area contributed by atoms with Crippen LogP contribution in [0.4, 0.5) is 5.69 Å². The molecule has 0 saturated heterocycles. The number of anilines is 1. The van der Waals surface area contributed by atoms with E-state index in [2.05, 4.69) is 5.32 Å². The first-order valence-corrected chi connectivity index (χ1v) is 7.62. The van der Waals surface area contributed by atoms with Crippen molar-refractivity contribution >= 4 is 51.9 Å². The van der Waals surface area contributed by atoms with Gasteiger partial charge in [-0.2, -0.15) is 5.26 Å². The average molecular weight is 425 g/mol. The maximum absolute atomic E-state index is 12.1. The monoisotopic (exact) mass is 424 g/mol. The van der Waals surface area contributed by atoms with Crippen LogP contribution in [0.15, 0.2) is 48.0 Å². The van der Waals surface area contributed by atoms with E-state index < -0.39 is 5.91 Å². The molecular formula is C16H10ClIN2O2. The molecule has 0 heterocycles. The highest BCUT2D eigenvalue weighted by Gasteiger charge is 2.10.